The molecule has 4 heteroatoms. The number of nitrogens with two attached hydrogens (primary N) is 1. The minimum atomic E-state index is -0.340. The maximum absolute atomic E-state index is 12.9. The van der Waals surface area contributed by atoms with Crippen LogP contribution in [0.15, 0.2) is 18.2 Å². The van der Waals surface area contributed by atoms with Crippen molar-refractivity contribution in [2.45, 2.75) is 25.0 Å². The summed E-state index contributed by atoms with van der Waals surface area (Å²) in [5, 5.41) is 0.386. The fourth-order valence-electron chi connectivity index (χ4n) is 1.86. The van der Waals surface area contributed by atoms with Crippen LogP contribution in [0.1, 0.15) is 24.5 Å². The van der Waals surface area contributed by atoms with E-state index in [0.717, 1.165) is 18.4 Å². The smallest absolute Gasteiger partial charge is 0.124 e. The van der Waals surface area contributed by atoms with E-state index in [4.69, 9.17) is 22.1 Å². The van der Waals surface area contributed by atoms with Crippen LogP contribution in [-0.2, 0) is 4.74 Å². The monoisotopic (exact) mass is 229 g/mol. The summed E-state index contributed by atoms with van der Waals surface area (Å²) in [5.41, 5.74) is 6.72. The van der Waals surface area contributed by atoms with E-state index in [1.54, 1.807) is 6.07 Å². The third-order valence-corrected chi connectivity index (χ3v) is 2.96. The molecule has 2 atom stereocenters. The molecule has 0 bridgehead atoms. The van der Waals surface area contributed by atoms with Crippen molar-refractivity contribution in [3.05, 3.63) is 34.6 Å². The molecule has 0 amide bonds. The third-order valence-electron chi connectivity index (χ3n) is 2.64. The molecule has 1 fully saturated rings. The fourth-order valence-corrected chi connectivity index (χ4v) is 2.13. The Balaban J connectivity index is 2.27. The molecule has 0 spiro atoms. The van der Waals surface area contributed by atoms with Gasteiger partial charge in [0.1, 0.15) is 5.82 Å². The van der Waals surface area contributed by atoms with E-state index in [0.29, 0.717) is 11.6 Å². The van der Waals surface area contributed by atoms with Gasteiger partial charge >= 0.3 is 0 Å². The van der Waals surface area contributed by atoms with Crippen LogP contribution in [0.3, 0.4) is 0 Å². The molecule has 1 aliphatic rings. The largest absolute Gasteiger partial charge is 0.372 e. The summed E-state index contributed by atoms with van der Waals surface area (Å²) in [6.45, 7) is 0.687. The van der Waals surface area contributed by atoms with Crippen molar-refractivity contribution < 1.29 is 9.13 Å². The van der Waals surface area contributed by atoms with Gasteiger partial charge in [-0.1, -0.05) is 17.7 Å². The highest BCUT2D eigenvalue weighted by molar-refractivity contribution is 6.31. The van der Waals surface area contributed by atoms with Crippen LogP contribution in [0.2, 0.25) is 5.02 Å². The lowest BCUT2D eigenvalue weighted by molar-refractivity contribution is 0.000174. The van der Waals surface area contributed by atoms with Crippen molar-refractivity contribution in [2.75, 3.05) is 6.61 Å². The molecule has 2 nitrogen and oxygen atoms in total. The van der Waals surface area contributed by atoms with Gasteiger partial charge in [-0.3, -0.25) is 0 Å². The molecule has 1 aliphatic heterocycles. The van der Waals surface area contributed by atoms with Crippen molar-refractivity contribution in [1.29, 1.82) is 0 Å². The third kappa shape index (κ3) is 2.30. The second-order valence-electron chi connectivity index (χ2n) is 3.76. The molecule has 15 heavy (non-hydrogen) atoms. The zero-order chi connectivity index (χ0) is 10.8. The van der Waals surface area contributed by atoms with E-state index in [9.17, 15) is 4.39 Å². The van der Waals surface area contributed by atoms with Gasteiger partial charge in [0.15, 0.2) is 0 Å². The highest BCUT2D eigenvalue weighted by Crippen LogP contribution is 2.32. The zero-order valence-electron chi connectivity index (χ0n) is 8.25. The molecule has 0 aliphatic carbocycles. The molecule has 2 N–H and O–H groups in total. The average Bonchev–Trinajstić information content (AvgIpc) is 2.20. The summed E-state index contributed by atoms with van der Waals surface area (Å²) in [4.78, 5) is 0. The van der Waals surface area contributed by atoms with Crippen molar-refractivity contribution in [3.8, 4) is 0 Å². The number of halogens is 2. The number of ether oxygens (including phenoxy) is 1. The maximum atomic E-state index is 12.9. The Kier molecular flexibility index (Phi) is 3.24. The highest BCUT2D eigenvalue weighted by Gasteiger charge is 2.26. The van der Waals surface area contributed by atoms with Crippen LogP contribution in [0, 0.1) is 5.82 Å². The van der Waals surface area contributed by atoms with Gasteiger partial charge in [-0.15, -0.1) is 0 Å². The standard InChI is InChI=1S/C11H13ClFNO/c12-9-6-7(13)3-4-8(9)11-10(14)2-1-5-15-11/h3-4,6,10-11H,1-2,5,14H2. The zero-order valence-corrected chi connectivity index (χ0v) is 9.01. The normalized spacial score (nSPS) is 26.6. The number of benzene rings is 1. The van der Waals surface area contributed by atoms with Crippen LogP contribution >= 0.6 is 11.6 Å². The van der Waals surface area contributed by atoms with Crippen LogP contribution < -0.4 is 5.73 Å². The first-order valence-corrected chi connectivity index (χ1v) is 5.38. The van der Waals surface area contributed by atoms with Crippen LogP contribution in [-0.4, -0.2) is 12.6 Å². The molecule has 1 heterocycles. The molecule has 0 radical (unpaired) electrons. The van der Waals surface area contributed by atoms with E-state index in [-0.39, 0.29) is 18.0 Å². The van der Waals surface area contributed by atoms with Gasteiger partial charge < -0.3 is 10.5 Å². The van der Waals surface area contributed by atoms with Crippen molar-refractivity contribution in [1.82, 2.24) is 0 Å². The highest BCUT2D eigenvalue weighted by atomic mass is 35.5. The molecule has 2 unspecified atom stereocenters. The Bertz CT molecular complexity index is 358. The number of hydrogen-bond donors (Lipinski definition) is 1. The van der Waals surface area contributed by atoms with Gasteiger partial charge in [0.25, 0.3) is 0 Å². The van der Waals surface area contributed by atoms with E-state index in [1.165, 1.54) is 12.1 Å². The minimum Gasteiger partial charge on any atom is -0.372 e. The molecule has 0 saturated carbocycles. The van der Waals surface area contributed by atoms with E-state index >= 15 is 0 Å². The van der Waals surface area contributed by atoms with Crippen LogP contribution in [0.25, 0.3) is 0 Å². The lowest BCUT2D eigenvalue weighted by atomic mass is 9.97. The minimum absolute atomic E-state index is 0.0540. The predicted octanol–water partition coefficient (Wildman–Crippen LogP) is 2.66. The number of hydrogen-bond acceptors (Lipinski definition) is 2. The first-order chi connectivity index (χ1) is 7.18. The Morgan fingerprint density at radius 3 is 2.93 bits per heavy atom. The van der Waals surface area contributed by atoms with Crippen molar-refractivity contribution >= 4 is 11.6 Å². The van der Waals surface area contributed by atoms with E-state index < -0.39 is 0 Å². The van der Waals surface area contributed by atoms with Crippen molar-refractivity contribution in [2.24, 2.45) is 5.73 Å². The van der Waals surface area contributed by atoms with E-state index in [2.05, 4.69) is 0 Å². The average molecular weight is 230 g/mol. The predicted molar refractivity (Wildman–Crippen MR) is 57.3 cm³/mol. The van der Waals surface area contributed by atoms with Crippen LogP contribution in [0.5, 0.6) is 0 Å². The van der Waals surface area contributed by atoms with Gasteiger partial charge in [0.2, 0.25) is 0 Å². The molecule has 1 aromatic rings. The molecule has 0 aromatic heterocycles. The summed E-state index contributed by atoms with van der Waals surface area (Å²) in [7, 11) is 0. The number of rotatable bonds is 1. The van der Waals surface area contributed by atoms with Gasteiger partial charge in [-0.25, -0.2) is 4.39 Å². The Morgan fingerprint density at radius 1 is 1.47 bits per heavy atom. The van der Waals surface area contributed by atoms with Crippen molar-refractivity contribution in [3.63, 3.8) is 0 Å². The van der Waals surface area contributed by atoms with Crippen LogP contribution in [0.4, 0.5) is 4.39 Å². The summed E-state index contributed by atoms with van der Waals surface area (Å²) >= 11 is 5.95. The summed E-state index contributed by atoms with van der Waals surface area (Å²) in [6, 6.07) is 4.27. The second-order valence-corrected chi connectivity index (χ2v) is 4.17. The topological polar surface area (TPSA) is 35.2 Å². The summed E-state index contributed by atoms with van der Waals surface area (Å²) in [5.74, 6) is -0.340. The Labute approximate surface area is 93.2 Å². The molecule has 2 rings (SSSR count). The second kappa shape index (κ2) is 4.47. The molecule has 1 saturated heterocycles. The molecule has 1 aromatic carbocycles. The molecular formula is C11H13ClFNO. The van der Waals surface area contributed by atoms with Gasteiger partial charge in [-0.05, 0) is 25.0 Å². The fraction of sp³-hybridized carbons (Fsp3) is 0.455. The van der Waals surface area contributed by atoms with Gasteiger partial charge in [-0.2, -0.15) is 0 Å². The molecular weight excluding hydrogens is 217 g/mol. The van der Waals surface area contributed by atoms with Gasteiger partial charge in [0.05, 0.1) is 6.10 Å². The summed E-state index contributed by atoms with van der Waals surface area (Å²) < 4.78 is 18.4. The summed E-state index contributed by atoms with van der Waals surface area (Å²) in [6.07, 6.45) is 1.68. The first-order valence-electron chi connectivity index (χ1n) is 5.00. The maximum Gasteiger partial charge on any atom is 0.124 e. The lowest BCUT2D eigenvalue weighted by Gasteiger charge is -2.29. The van der Waals surface area contributed by atoms with E-state index in [1.807, 2.05) is 0 Å². The quantitative estimate of drug-likeness (QED) is 0.804. The Hall–Kier alpha value is -0.640. The first kappa shape index (κ1) is 10.9. The SMILES string of the molecule is NC1CCCOC1c1ccc(F)cc1Cl. The lowest BCUT2D eigenvalue weighted by Crippen LogP contribution is -2.34. The Morgan fingerprint density at radius 2 is 2.27 bits per heavy atom. The van der Waals surface area contributed by atoms with Gasteiger partial charge in [0, 0.05) is 23.2 Å². The molecule has 82 valence electrons.